The summed E-state index contributed by atoms with van der Waals surface area (Å²) >= 11 is 0. The SMILES string of the molecule is CC=CC(=O)OCCCC.CC=CC(=O)OCCCCCC. The summed E-state index contributed by atoms with van der Waals surface area (Å²) < 4.78 is 9.70. The number of allylic oxidation sites excluding steroid dienone is 2. The largest absolute Gasteiger partial charge is 0.463 e. The molecule has 0 aromatic rings. The number of hydrogen-bond donors (Lipinski definition) is 0. The molecule has 22 heavy (non-hydrogen) atoms. The minimum Gasteiger partial charge on any atom is -0.463 e. The summed E-state index contributed by atoms with van der Waals surface area (Å²) in [5, 5.41) is 0. The summed E-state index contributed by atoms with van der Waals surface area (Å²) in [7, 11) is 0. The zero-order chi connectivity index (χ0) is 17.1. The van der Waals surface area contributed by atoms with Crippen molar-refractivity contribution in [3.63, 3.8) is 0 Å². The standard InChI is InChI=1S/C10H18O2.C8H14O2/c1-3-5-6-7-9-12-10(11)8-4-2;1-3-5-7-10-8(9)6-4-2/h4,8H,3,5-7,9H2,1-2H3;4,6H,3,5,7H2,1-2H3. The second-order valence-corrected chi connectivity index (χ2v) is 4.75. The molecule has 0 aliphatic carbocycles. The molecule has 0 unspecified atom stereocenters. The molecule has 0 atom stereocenters. The van der Waals surface area contributed by atoms with Gasteiger partial charge in [0.2, 0.25) is 0 Å². The molecule has 0 radical (unpaired) electrons. The van der Waals surface area contributed by atoms with Crippen LogP contribution in [0, 0.1) is 0 Å². The molecule has 0 saturated carbocycles. The van der Waals surface area contributed by atoms with Crippen molar-refractivity contribution < 1.29 is 19.1 Å². The molecular weight excluding hydrogens is 280 g/mol. The Morgan fingerprint density at radius 3 is 1.59 bits per heavy atom. The molecule has 0 rings (SSSR count). The molecule has 0 aromatic heterocycles. The van der Waals surface area contributed by atoms with Crippen molar-refractivity contribution in [1.82, 2.24) is 0 Å². The Labute approximate surface area is 135 Å². The van der Waals surface area contributed by atoms with Crippen LogP contribution in [0.4, 0.5) is 0 Å². The van der Waals surface area contributed by atoms with Crippen LogP contribution in [0.25, 0.3) is 0 Å². The Morgan fingerprint density at radius 2 is 1.18 bits per heavy atom. The molecule has 0 amide bonds. The number of carbonyl (C=O) groups is 2. The van der Waals surface area contributed by atoms with Gasteiger partial charge in [-0.3, -0.25) is 0 Å². The van der Waals surface area contributed by atoms with Gasteiger partial charge in [-0.1, -0.05) is 51.7 Å². The summed E-state index contributed by atoms with van der Waals surface area (Å²) in [5.41, 5.74) is 0. The van der Waals surface area contributed by atoms with Gasteiger partial charge in [0.15, 0.2) is 0 Å². The molecule has 0 heterocycles. The fourth-order valence-electron chi connectivity index (χ4n) is 1.39. The molecule has 0 fully saturated rings. The van der Waals surface area contributed by atoms with Gasteiger partial charge in [0, 0.05) is 12.2 Å². The highest BCUT2D eigenvalue weighted by Gasteiger charge is 1.94. The summed E-state index contributed by atoms with van der Waals surface area (Å²) in [4.78, 5) is 21.4. The second-order valence-electron chi connectivity index (χ2n) is 4.75. The average molecular weight is 312 g/mol. The van der Waals surface area contributed by atoms with Crippen molar-refractivity contribution in [2.45, 2.75) is 66.2 Å². The number of hydrogen-bond acceptors (Lipinski definition) is 4. The lowest BCUT2D eigenvalue weighted by Gasteiger charge is -2.00. The first-order chi connectivity index (χ1) is 10.6. The monoisotopic (exact) mass is 312 g/mol. The summed E-state index contributed by atoms with van der Waals surface area (Å²) in [6, 6.07) is 0. The van der Waals surface area contributed by atoms with E-state index in [0.29, 0.717) is 13.2 Å². The van der Waals surface area contributed by atoms with Crippen molar-refractivity contribution in [2.24, 2.45) is 0 Å². The molecule has 0 saturated heterocycles. The molecule has 128 valence electrons. The third kappa shape index (κ3) is 20.7. The van der Waals surface area contributed by atoms with Gasteiger partial charge >= 0.3 is 11.9 Å². The van der Waals surface area contributed by atoms with E-state index in [4.69, 9.17) is 9.47 Å². The number of ether oxygens (including phenoxy) is 2. The highest BCUT2D eigenvalue weighted by Crippen LogP contribution is 1.98. The van der Waals surface area contributed by atoms with Crippen LogP contribution in [0.2, 0.25) is 0 Å². The van der Waals surface area contributed by atoms with Crippen molar-refractivity contribution >= 4 is 11.9 Å². The summed E-state index contributed by atoms with van der Waals surface area (Å²) in [6.45, 7) is 8.91. The van der Waals surface area contributed by atoms with Gasteiger partial charge in [-0.15, -0.1) is 0 Å². The molecule has 0 spiro atoms. The quantitative estimate of drug-likeness (QED) is 0.336. The lowest BCUT2D eigenvalue weighted by Crippen LogP contribution is -2.01. The second kappa shape index (κ2) is 19.4. The molecule has 0 N–H and O–H groups in total. The van der Waals surface area contributed by atoms with Gasteiger partial charge < -0.3 is 9.47 Å². The van der Waals surface area contributed by atoms with E-state index in [1.165, 1.54) is 25.0 Å². The zero-order valence-electron chi connectivity index (χ0n) is 14.6. The van der Waals surface area contributed by atoms with Crippen molar-refractivity contribution in [3.8, 4) is 0 Å². The summed E-state index contributed by atoms with van der Waals surface area (Å²) in [6.07, 6.45) is 12.8. The lowest BCUT2D eigenvalue weighted by molar-refractivity contribution is -0.138. The Balaban J connectivity index is 0. The fraction of sp³-hybridized carbons (Fsp3) is 0.667. The Kier molecular flexibility index (Phi) is 20.0. The van der Waals surface area contributed by atoms with Crippen LogP contribution in [0.5, 0.6) is 0 Å². The highest BCUT2D eigenvalue weighted by atomic mass is 16.5. The minimum absolute atomic E-state index is 0.228. The molecule has 0 aliphatic rings. The third-order valence-electron chi connectivity index (χ3n) is 2.59. The van der Waals surface area contributed by atoms with E-state index in [1.807, 2.05) is 0 Å². The number of carbonyl (C=O) groups excluding carboxylic acids is 2. The van der Waals surface area contributed by atoms with E-state index in [0.717, 1.165) is 25.7 Å². The molecule has 0 bridgehead atoms. The van der Waals surface area contributed by atoms with Crippen LogP contribution < -0.4 is 0 Å². The van der Waals surface area contributed by atoms with E-state index in [-0.39, 0.29) is 11.9 Å². The fourth-order valence-corrected chi connectivity index (χ4v) is 1.39. The van der Waals surface area contributed by atoms with Gasteiger partial charge in [0.05, 0.1) is 13.2 Å². The van der Waals surface area contributed by atoms with E-state index in [2.05, 4.69) is 13.8 Å². The van der Waals surface area contributed by atoms with Crippen LogP contribution in [-0.2, 0) is 19.1 Å². The molecular formula is C18H32O4. The predicted molar refractivity (Wildman–Crippen MR) is 90.6 cm³/mol. The van der Waals surface area contributed by atoms with E-state index >= 15 is 0 Å². The van der Waals surface area contributed by atoms with E-state index in [9.17, 15) is 9.59 Å². The van der Waals surface area contributed by atoms with Gasteiger partial charge in [-0.25, -0.2) is 9.59 Å². The maximum absolute atomic E-state index is 10.8. The van der Waals surface area contributed by atoms with E-state index < -0.39 is 0 Å². The lowest BCUT2D eigenvalue weighted by atomic mass is 10.2. The maximum Gasteiger partial charge on any atom is 0.330 e. The van der Waals surface area contributed by atoms with Crippen LogP contribution >= 0.6 is 0 Å². The van der Waals surface area contributed by atoms with Gasteiger partial charge in [0.25, 0.3) is 0 Å². The molecule has 4 nitrogen and oxygen atoms in total. The van der Waals surface area contributed by atoms with E-state index in [1.54, 1.807) is 26.0 Å². The maximum atomic E-state index is 10.8. The smallest absolute Gasteiger partial charge is 0.330 e. The average Bonchev–Trinajstić information content (AvgIpc) is 2.48. The topological polar surface area (TPSA) is 52.6 Å². The number of rotatable bonds is 10. The number of unbranched alkanes of at least 4 members (excludes halogenated alkanes) is 4. The van der Waals surface area contributed by atoms with Crippen molar-refractivity contribution in [3.05, 3.63) is 24.3 Å². The van der Waals surface area contributed by atoms with Crippen LogP contribution in [0.3, 0.4) is 0 Å². The van der Waals surface area contributed by atoms with Gasteiger partial charge in [-0.2, -0.15) is 0 Å². The third-order valence-corrected chi connectivity index (χ3v) is 2.59. The Hall–Kier alpha value is -1.58. The molecule has 0 aromatic carbocycles. The van der Waals surface area contributed by atoms with Crippen LogP contribution in [-0.4, -0.2) is 25.2 Å². The summed E-state index contributed by atoms with van der Waals surface area (Å²) in [5.74, 6) is -0.468. The molecule has 4 heteroatoms. The first-order valence-corrected chi connectivity index (χ1v) is 8.21. The zero-order valence-corrected chi connectivity index (χ0v) is 14.6. The van der Waals surface area contributed by atoms with Gasteiger partial charge in [0.1, 0.15) is 0 Å². The highest BCUT2D eigenvalue weighted by molar-refractivity contribution is 5.82. The molecule has 0 aliphatic heterocycles. The first-order valence-electron chi connectivity index (χ1n) is 8.21. The Bertz CT molecular complexity index is 319. The minimum atomic E-state index is -0.240. The predicted octanol–water partition coefficient (Wildman–Crippen LogP) is 4.59. The van der Waals surface area contributed by atoms with Gasteiger partial charge in [-0.05, 0) is 26.7 Å². The van der Waals surface area contributed by atoms with Crippen LogP contribution in [0.1, 0.15) is 66.2 Å². The Morgan fingerprint density at radius 1 is 0.727 bits per heavy atom. The van der Waals surface area contributed by atoms with Crippen molar-refractivity contribution in [1.29, 1.82) is 0 Å². The van der Waals surface area contributed by atoms with Crippen molar-refractivity contribution in [2.75, 3.05) is 13.2 Å². The van der Waals surface area contributed by atoms with Crippen LogP contribution in [0.15, 0.2) is 24.3 Å². The first kappa shape index (κ1) is 22.7. The normalized spacial score (nSPS) is 10.4. The number of esters is 2.